The molecule has 2 heterocycles. The topological polar surface area (TPSA) is 81.9 Å². The molecule has 0 saturated heterocycles. The van der Waals surface area contributed by atoms with Crippen LogP contribution in [0.5, 0.6) is 5.88 Å². The van der Waals surface area contributed by atoms with Gasteiger partial charge in [0.25, 0.3) is 5.91 Å². The summed E-state index contributed by atoms with van der Waals surface area (Å²) in [6.07, 6.45) is 3.82. The SMILES string of the molecule is COc1cc(C(=O)N[C@H](CC(C)C)c2ncnn2C)ccn1. The first-order valence-electron chi connectivity index (χ1n) is 7.16. The number of carbonyl (C=O) groups excluding carboxylic acids is 1. The molecule has 0 saturated carbocycles. The average Bonchev–Trinajstić information content (AvgIpc) is 2.92. The van der Waals surface area contributed by atoms with Gasteiger partial charge in [0.1, 0.15) is 12.2 Å². The van der Waals surface area contributed by atoms with Crippen molar-refractivity contribution < 1.29 is 9.53 Å². The molecule has 7 nitrogen and oxygen atoms in total. The average molecular weight is 303 g/mol. The first kappa shape index (κ1) is 15.9. The lowest BCUT2D eigenvalue weighted by atomic mass is 10.0. The van der Waals surface area contributed by atoms with Crippen molar-refractivity contribution >= 4 is 5.91 Å². The molecule has 0 spiro atoms. The van der Waals surface area contributed by atoms with Crippen LogP contribution in [-0.4, -0.2) is 32.8 Å². The first-order valence-corrected chi connectivity index (χ1v) is 7.16. The van der Waals surface area contributed by atoms with E-state index >= 15 is 0 Å². The number of methoxy groups -OCH3 is 1. The zero-order chi connectivity index (χ0) is 16.1. The lowest BCUT2D eigenvalue weighted by Crippen LogP contribution is -2.31. The Morgan fingerprint density at radius 2 is 2.18 bits per heavy atom. The third-order valence-electron chi connectivity index (χ3n) is 3.28. The molecule has 0 aliphatic carbocycles. The zero-order valence-corrected chi connectivity index (χ0v) is 13.3. The van der Waals surface area contributed by atoms with Gasteiger partial charge in [-0.2, -0.15) is 5.10 Å². The number of aromatic nitrogens is 4. The summed E-state index contributed by atoms with van der Waals surface area (Å²) in [5.74, 6) is 1.37. The van der Waals surface area contributed by atoms with E-state index in [0.717, 1.165) is 12.2 Å². The fourth-order valence-corrected chi connectivity index (χ4v) is 2.22. The number of rotatable bonds is 6. The van der Waals surface area contributed by atoms with Gasteiger partial charge in [-0.1, -0.05) is 13.8 Å². The van der Waals surface area contributed by atoms with Gasteiger partial charge in [-0.15, -0.1) is 0 Å². The monoisotopic (exact) mass is 303 g/mol. The minimum atomic E-state index is -0.195. The van der Waals surface area contributed by atoms with Gasteiger partial charge in [0, 0.05) is 24.9 Å². The predicted molar refractivity (Wildman–Crippen MR) is 81.5 cm³/mol. The number of carbonyl (C=O) groups is 1. The highest BCUT2D eigenvalue weighted by molar-refractivity contribution is 5.94. The second-order valence-corrected chi connectivity index (χ2v) is 5.48. The summed E-state index contributed by atoms with van der Waals surface area (Å²) in [7, 11) is 3.34. The van der Waals surface area contributed by atoms with Crippen molar-refractivity contribution in [3.8, 4) is 5.88 Å². The lowest BCUT2D eigenvalue weighted by Gasteiger charge is -2.20. The van der Waals surface area contributed by atoms with Crippen LogP contribution in [-0.2, 0) is 7.05 Å². The molecule has 1 N–H and O–H groups in total. The fraction of sp³-hybridized carbons (Fsp3) is 0.467. The molecule has 0 aromatic carbocycles. The molecule has 0 aliphatic heterocycles. The number of amides is 1. The maximum absolute atomic E-state index is 12.5. The van der Waals surface area contributed by atoms with Crippen LogP contribution >= 0.6 is 0 Å². The normalized spacial score (nSPS) is 12.2. The van der Waals surface area contributed by atoms with E-state index in [4.69, 9.17) is 4.74 Å². The van der Waals surface area contributed by atoms with Crippen LogP contribution in [0.25, 0.3) is 0 Å². The fourth-order valence-electron chi connectivity index (χ4n) is 2.22. The van der Waals surface area contributed by atoms with Crippen molar-refractivity contribution in [3.05, 3.63) is 36.0 Å². The van der Waals surface area contributed by atoms with Crippen LogP contribution in [0.4, 0.5) is 0 Å². The van der Waals surface area contributed by atoms with Crippen LogP contribution in [0.2, 0.25) is 0 Å². The van der Waals surface area contributed by atoms with Gasteiger partial charge in [0.15, 0.2) is 0 Å². The van der Waals surface area contributed by atoms with Gasteiger partial charge in [-0.25, -0.2) is 9.97 Å². The molecule has 22 heavy (non-hydrogen) atoms. The molecule has 2 rings (SSSR count). The molecule has 1 atom stereocenters. The smallest absolute Gasteiger partial charge is 0.252 e. The molecule has 7 heteroatoms. The quantitative estimate of drug-likeness (QED) is 0.879. The van der Waals surface area contributed by atoms with Crippen LogP contribution in [0.3, 0.4) is 0 Å². The summed E-state index contributed by atoms with van der Waals surface area (Å²) in [5.41, 5.74) is 0.503. The largest absolute Gasteiger partial charge is 0.481 e. The highest BCUT2D eigenvalue weighted by atomic mass is 16.5. The second-order valence-electron chi connectivity index (χ2n) is 5.48. The summed E-state index contributed by atoms with van der Waals surface area (Å²) in [6, 6.07) is 3.07. The Bertz CT molecular complexity index is 638. The Labute approximate surface area is 129 Å². The lowest BCUT2D eigenvalue weighted by molar-refractivity contribution is 0.0928. The summed E-state index contributed by atoms with van der Waals surface area (Å²) in [4.78, 5) is 20.7. The Morgan fingerprint density at radius 1 is 1.41 bits per heavy atom. The van der Waals surface area contributed by atoms with E-state index in [2.05, 4.69) is 34.2 Å². The van der Waals surface area contributed by atoms with Crippen molar-refractivity contribution in [3.63, 3.8) is 0 Å². The Balaban J connectivity index is 2.19. The Kier molecular flexibility index (Phi) is 5.08. The van der Waals surface area contributed by atoms with Crippen molar-refractivity contribution in [1.29, 1.82) is 0 Å². The van der Waals surface area contributed by atoms with E-state index < -0.39 is 0 Å². The standard InChI is InChI=1S/C15H21N5O2/c1-10(2)7-12(14-17-9-18-20(14)3)19-15(21)11-5-6-16-13(8-11)22-4/h5-6,8-10,12H,7H2,1-4H3,(H,19,21)/t12-/m1/s1. The highest BCUT2D eigenvalue weighted by Gasteiger charge is 2.21. The van der Waals surface area contributed by atoms with Crippen molar-refractivity contribution in [1.82, 2.24) is 25.1 Å². The number of nitrogens with one attached hydrogen (secondary N) is 1. The van der Waals surface area contributed by atoms with E-state index in [9.17, 15) is 4.79 Å². The van der Waals surface area contributed by atoms with Crippen molar-refractivity contribution in [2.75, 3.05) is 7.11 Å². The number of ether oxygens (including phenoxy) is 1. The minimum absolute atomic E-state index is 0.186. The molecular weight excluding hydrogens is 282 g/mol. The minimum Gasteiger partial charge on any atom is -0.481 e. The number of hydrogen-bond acceptors (Lipinski definition) is 5. The van der Waals surface area contributed by atoms with Crippen LogP contribution in [0.1, 0.15) is 42.5 Å². The van der Waals surface area contributed by atoms with E-state index in [1.54, 1.807) is 23.0 Å². The molecule has 1 amide bonds. The summed E-state index contributed by atoms with van der Waals surface area (Å²) in [5, 5.41) is 7.09. The Morgan fingerprint density at radius 3 is 2.77 bits per heavy atom. The van der Waals surface area contributed by atoms with Gasteiger partial charge in [-0.3, -0.25) is 9.48 Å². The number of nitrogens with zero attached hydrogens (tertiary/aromatic N) is 4. The molecule has 0 radical (unpaired) electrons. The second kappa shape index (κ2) is 7.02. The van der Waals surface area contributed by atoms with Gasteiger partial charge >= 0.3 is 0 Å². The highest BCUT2D eigenvalue weighted by Crippen LogP contribution is 2.20. The molecule has 118 valence electrons. The first-order chi connectivity index (χ1) is 10.5. The van der Waals surface area contributed by atoms with Gasteiger partial charge < -0.3 is 10.1 Å². The molecule has 0 bridgehead atoms. The molecule has 2 aromatic heterocycles. The molecule has 0 unspecified atom stereocenters. The molecule has 0 fully saturated rings. The van der Waals surface area contributed by atoms with E-state index in [1.807, 2.05) is 7.05 Å². The maximum atomic E-state index is 12.5. The van der Waals surface area contributed by atoms with Crippen LogP contribution < -0.4 is 10.1 Å². The zero-order valence-electron chi connectivity index (χ0n) is 13.3. The molecule has 2 aromatic rings. The van der Waals surface area contributed by atoms with Gasteiger partial charge in [0.2, 0.25) is 5.88 Å². The number of aryl methyl sites for hydroxylation is 1. The predicted octanol–water partition coefficient (Wildman–Crippen LogP) is 1.74. The van der Waals surface area contributed by atoms with Crippen molar-refractivity contribution in [2.45, 2.75) is 26.3 Å². The molecular formula is C15H21N5O2. The summed E-state index contributed by atoms with van der Waals surface area (Å²) < 4.78 is 6.73. The summed E-state index contributed by atoms with van der Waals surface area (Å²) >= 11 is 0. The van der Waals surface area contributed by atoms with Crippen LogP contribution in [0.15, 0.2) is 24.7 Å². The summed E-state index contributed by atoms with van der Waals surface area (Å²) in [6.45, 7) is 4.20. The number of hydrogen-bond donors (Lipinski definition) is 1. The number of pyridine rings is 1. The van der Waals surface area contributed by atoms with Gasteiger partial charge in [-0.05, 0) is 18.4 Å². The third-order valence-corrected chi connectivity index (χ3v) is 3.28. The van der Waals surface area contributed by atoms with E-state index in [1.165, 1.54) is 13.4 Å². The van der Waals surface area contributed by atoms with E-state index in [0.29, 0.717) is 17.4 Å². The molecule has 0 aliphatic rings. The van der Waals surface area contributed by atoms with E-state index in [-0.39, 0.29) is 11.9 Å². The van der Waals surface area contributed by atoms with Crippen LogP contribution in [0, 0.1) is 5.92 Å². The third kappa shape index (κ3) is 3.81. The van der Waals surface area contributed by atoms with Crippen molar-refractivity contribution in [2.24, 2.45) is 13.0 Å². The Hall–Kier alpha value is -2.44. The maximum Gasteiger partial charge on any atom is 0.252 e. The van der Waals surface area contributed by atoms with Gasteiger partial charge in [0.05, 0.1) is 13.2 Å².